The molecule has 192 valence electrons. The molecular weight excluding hydrogens is 482 g/mol. The number of ether oxygens (including phenoxy) is 2. The predicted octanol–water partition coefficient (Wildman–Crippen LogP) is 6.79. The molecule has 1 aliphatic rings. The molecule has 7 nitrogen and oxygen atoms in total. The van der Waals surface area contributed by atoms with Crippen LogP contribution >= 0.6 is 0 Å². The first kappa shape index (κ1) is 24.9. The second-order valence-electron chi connectivity index (χ2n) is 9.24. The molecule has 1 aromatic heterocycles. The van der Waals surface area contributed by atoms with Crippen molar-refractivity contribution in [1.82, 2.24) is 0 Å². The van der Waals surface area contributed by atoms with E-state index in [2.05, 4.69) is 0 Å². The summed E-state index contributed by atoms with van der Waals surface area (Å²) in [5, 5.41) is 11.3. The van der Waals surface area contributed by atoms with E-state index in [1.807, 2.05) is 51.1 Å². The van der Waals surface area contributed by atoms with Crippen LogP contribution in [0.4, 0.5) is 5.69 Å². The first-order valence-electron chi connectivity index (χ1n) is 12.3. The zero-order chi connectivity index (χ0) is 26.8. The quantitative estimate of drug-likeness (QED) is 0.168. The van der Waals surface area contributed by atoms with Crippen LogP contribution in [0.25, 0.3) is 5.76 Å². The number of benzene rings is 3. The molecule has 1 aliphatic heterocycles. The lowest BCUT2D eigenvalue weighted by Gasteiger charge is -2.23. The number of rotatable bonds is 7. The molecule has 1 saturated heterocycles. The first-order chi connectivity index (χ1) is 18.3. The van der Waals surface area contributed by atoms with Gasteiger partial charge in [0.15, 0.2) is 0 Å². The molecule has 1 amide bonds. The van der Waals surface area contributed by atoms with Crippen LogP contribution in [0.2, 0.25) is 0 Å². The van der Waals surface area contributed by atoms with E-state index in [1.54, 1.807) is 54.6 Å². The van der Waals surface area contributed by atoms with Crippen molar-refractivity contribution in [3.63, 3.8) is 0 Å². The van der Waals surface area contributed by atoms with Crippen molar-refractivity contribution in [2.75, 3.05) is 4.90 Å². The number of para-hydroxylation sites is 1. The molecule has 0 radical (unpaired) electrons. The fourth-order valence-corrected chi connectivity index (χ4v) is 4.45. The number of carbonyl (C=O) groups excluding carboxylic acids is 2. The molecule has 2 heterocycles. The molecule has 7 heteroatoms. The van der Waals surface area contributed by atoms with Crippen molar-refractivity contribution in [3.05, 3.63) is 114 Å². The van der Waals surface area contributed by atoms with Gasteiger partial charge in [0.05, 0.1) is 17.9 Å². The summed E-state index contributed by atoms with van der Waals surface area (Å²) in [6.07, 6.45) is 1.45. The van der Waals surface area contributed by atoms with Gasteiger partial charge in [-0.1, -0.05) is 18.2 Å². The lowest BCUT2D eigenvalue weighted by molar-refractivity contribution is -0.132. The average molecular weight is 510 g/mol. The van der Waals surface area contributed by atoms with E-state index in [-0.39, 0.29) is 17.4 Å². The summed E-state index contributed by atoms with van der Waals surface area (Å²) in [4.78, 5) is 28.0. The highest BCUT2D eigenvalue weighted by molar-refractivity contribution is 6.51. The number of nitrogens with zero attached hydrogens (tertiary/aromatic N) is 1. The third-order valence-corrected chi connectivity index (χ3v) is 6.16. The number of furan rings is 1. The Morgan fingerprint density at radius 1 is 0.921 bits per heavy atom. The zero-order valence-corrected chi connectivity index (χ0v) is 21.3. The van der Waals surface area contributed by atoms with Crippen LogP contribution in [0.15, 0.2) is 101 Å². The fourth-order valence-electron chi connectivity index (χ4n) is 4.45. The number of aliphatic hydroxyl groups excluding tert-OH is 1. The second kappa shape index (κ2) is 10.3. The number of hydrogen-bond acceptors (Lipinski definition) is 6. The Hall–Kier alpha value is -4.78. The van der Waals surface area contributed by atoms with Crippen molar-refractivity contribution >= 4 is 23.1 Å². The summed E-state index contributed by atoms with van der Waals surface area (Å²) >= 11 is 0. The lowest BCUT2D eigenvalue weighted by Crippen LogP contribution is -2.29. The minimum Gasteiger partial charge on any atom is -0.507 e. The number of amides is 1. The van der Waals surface area contributed by atoms with Gasteiger partial charge in [-0.2, -0.15) is 0 Å². The predicted molar refractivity (Wildman–Crippen MR) is 143 cm³/mol. The first-order valence-corrected chi connectivity index (χ1v) is 12.3. The van der Waals surface area contributed by atoms with Crippen LogP contribution in [0.1, 0.15) is 36.8 Å². The minimum absolute atomic E-state index is 0.0121. The van der Waals surface area contributed by atoms with E-state index in [0.717, 1.165) is 5.56 Å². The standard InChI is InChI=1S/C31H27NO6/c1-19(2)37-25-16-11-21(18-20(25)3)29(33)27-28(26-10-7-17-36-26)32(31(35)30(27)34)22-12-14-24(15-13-22)38-23-8-5-4-6-9-23/h4-19,28,33H,1-3H3/b29-27-. The maximum Gasteiger partial charge on any atom is 0.300 e. The monoisotopic (exact) mass is 509 g/mol. The number of aliphatic hydroxyl groups is 1. The minimum atomic E-state index is -0.946. The van der Waals surface area contributed by atoms with Gasteiger partial charge in [0.25, 0.3) is 11.7 Å². The molecule has 0 aliphatic carbocycles. The Morgan fingerprint density at radius 3 is 2.26 bits per heavy atom. The summed E-state index contributed by atoms with van der Waals surface area (Å²) in [6.45, 7) is 5.72. The van der Waals surface area contributed by atoms with E-state index in [1.165, 1.54) is 11.2 Å². The topological polar surface area (TPSA) is 89.2 Å². The van der Waals surface area contributed by atoms with Crippen LogP contribution in [-0.4, -0.2) is 22.9 Å². The van der Waals surface area contributed by atoms with Crippen molar-refractivity contribution in [2.45, 2.75) is 32.9 Å². The highest BCUT2D eigenvalue weighted by atomic mass is 16.5. The van der Waals surface area contributed by atoms with Crippen molar-refractivity contribution in [3.8, 4) is 17.2 Å². The van der Waals surface area contributed by atoms with E-state index in [0.29, 0.717) is 34.3 Å². The number of Topliss-reactive ketones (excluding diaryl/α,β-unsaturated/α-hetero) is 1. The molecule has 38 heavy (non-hydrogen) atoms. The molecule has 1 atom stereocenters. The van der Waals surface area contributed by atoms with Gasteiger partial charge in [-0.05, 0) is 93.1 Å². The van der Waals surface area contributed by atoms with E-state index in [9.17, 15) is 14.7 Å². The van der Waals surface area contributed by atoms with Crippen LogP contribution in [0.3, 0.4) is 0 Å². The highest BCUT2D eigenvalue weighted by Crippen LogP contribution is 2.43. The number of anilines is 1. The molecule has 1 N–H and O–H groups in total. The van der Waals surface area contributed by atoms with Crippen LogP contribution in [-0.2, 0) is 9.59 Å². The number of carbonyl (C=O) groups is 2. The molecule has 3 aromatic carbocycles. The highest BCUT2D eigenvalue weighted by Gasteiger charge is 2.48. The molecule has 0 bridgehead atoms. The Morgan fingerprint density at radius 2 is 1.63 bits per heavy atom. The van der Waals surface area contributed by atoms with Crippen LogP contribution in [0, 0.1) is 6.92 Å². The van der Waals surface area contributed by atoms with Gasteiger partial charge in [0.1, 0.15) is 34.8 Å². The SMILES string of the molecule is Cc1cc(/C(O)=C2/C(=O)C(=O)N(c3ccc(Oc4ccccc4)cc3)C2c2ccco2)ccc1OC(C)C. The molecular formula is C31H27NO6. The molecule has 0 spiro atoms. The van der Waals surface area contributed by atoms with Gasteiger partial charge in [-0.3, -0.25) is 14.5 Å². The maximum absolute atomic E-state index is 13.3. The molecule has 5 rings (SSSR count). The van der Waals surface area contributed by atoms with Crippen molar-refractivity contribution < 1.29 is 28.6 Å². The Labute approximate surface area is 220 Å². The van der Waals surface area contributed by atoms with Crippen LogP contribution in [0.5, 0.6) is 17.2 Å². The van der Waals surface area contributed by atoms with Gasteiger partial charge in [0.2, 0.25) is 0 Å². The number of hydrogen-bond donors (Lipinski definition) is 1. The molecule has 0 saturated carbocycles. The van der Waals surface area contributed by atoms with Crippen LogP contribution < -0.4 is 14.4 Å². The molecule has 4 aromatic rings. The fraction of sp³-hybridized carbons (Fsp3) is 0.161. The zero-order valence-electron chi connectivity index (χ0n) is 21.3. The van der Waals surface area contributed by atoms with Gasteiger partial charge < -0.3 is 19.0 Å². The van der Waals surface area contributed by atoms with E-state index >= 15 is 0 Å². The Bertz CT molecular complexity index is 1490. The van der Waals surface area contributed by atoms with E-state index in [4.69, 9.17) is 13.9 Å². The third-order valence-electron chi connectivity index (χ3n) is 6.16. The van der Waals surface area contributed by atoms with Gasteiger partial charge in [-0.15, -0.1) is 0 Å². The van der Waals surface area contributed by atoms with Crippen molar-refractivity contribution in [2.24, 2.45) is 0 Å². The molecule has 1 fully saturated rings. The summed E-state index contributed by atoms with van der Waals surface area (Å²) in [5.74, 6) is 0.441. The Balaban J connectivity index is 1.53. The second-order valence-corrected chi connectivity index (χ2v) is 9.24. The normalized spacial score (nSPS) is 16.7. The third kappa shape index (κ3) is 4.78. The van der Waals surface area contributed by atoms with Crippen molar-refractivity contribution in [1.29, 1.82) is 0 Å². The molecule has 1 unspecified atom stereocenters. The summed E-state index contributed by atoms with van der Waals surface area (Å²) < 4.78 is 17.3. The maximum atomic E-state index is 13.3. The van der Waals surface area contributed by atoms with E-state index < -0.39 is 17.7 Å². The number of ketones is 1. The van der Waals surface area contributed by atoms with Gasteiger partial charge >= 0.3 is 0 Å². The number of aryl methyl sites for hydroxylation is 1. The van der Waals surface area contributed by atoms with Gasteiger partial charge in [0, 0.05) is 11.3 Å². The smallest absolute Gasteiger partial charge is 0.300 e. The summed E-state index contributed by atoms with van der Waals surface area (Å²) in [5.41, 5.74) is 1.61. The Kier molecular flexibility index (Phi) is 6.75. The summed E-state index contributed by atoms with van der Waals surface area (Å²) in [7, 11) is 0. The lowest BCUT2D eigenvalue weighted by atomic mass is 9.98. The largest absolute Gasteiger partial charge is 0.507 e. The average Bonchev–Trinajstić information content (AvgIpc) is 3.53. The summed E-state index contributed by atoms with van der Waals surface area (Å²) in [6, 6.07) is 23.7. The van der Waals surface area contributed by atoms with Gasteiger partial charge in [-0.25, -0.2) is 0 Å².